The summed E-state index contributed by atoms with van der Waals surface area (Å²) in [6.07, 6.45) is 0.178. The van der Waals surface area contributed by atoms with Gasteiger partial charge in [-0.15, -0.1) is 0 Å². The number of nitrogens with zero attached hydrogens (tertiary/aromatic N) is 2. The number of carbonyl (C=O) groups excluding carboxylic acids is 1. The summed E-state index contributed by atoms with van der Waals surface area (Å²) in [4.78, 5) is 40.6. The van der Waals surface area contributed by atoms with E-state index in [4.69, 9.17) is 0 Å². The zero-order chi connectivity index (χ0) is 19.6. The van der Waals surface area contributed by atoms with Crippen LogP contribution in [0, 0.1) is 13.8 Å². The molecule has 1 aromatic heterocycles. The minimum absolute atomic E-state index is 0.0582. The first-order valence-electron chi connectivity index (χ1n) is 8.89. The lowest BCUT2D eigenvalue weighted by Gasteiger charge is -2.19. The maximum absolute atomic E-state index is 12.6. The summed E-state index contributed by atoms with van der Waals surface area (Å²) in [6.45, 7) is 4.81. The lowest BCUT2D eigenvalue weighted by Crippen LogP contribution is -2.33. The number of hydrogen-bond acceptors (Lipinski definition) is 3. The van der Waals surface area contributed by atoms with E-state index in [1.54, 1.807) is 36.2 Å². The van der Waals surface area contributed by atoms with E-state index in [-0.39, 0.29) is 18.9 Å². The monoisotopic (exact) mass is 365 g/mol. The fourth-order valence-electron chi connectivity index (χ4n) is 3.23. The van der Waals surface area contributed by atoms with E-state index >= 15 is 0 Å². The van der Waals surface area contributed by atoms with Crippen molar-refractivity contribution in [2.24, 2.45) is 0 Å². The Hall–Kier alpha value is -3.15. The van der Waals surface area contributed by atoms with Crippen LogP contribution in [0.5, 0.6) is 0 Å². The van der Waals surface area contributed by atoms with Gasteiger partial charge in [-0.3, -0.25) is 19.1 Å². The van der Waals surface area contributed by atoms with Gasteiger partial charge < -0.3 is 4.90 Å². The second-order valence-corrected chi connectivity index (χ2v) is 6.86. The first kappa shape index (κ1) is 18.6. The van der Waals surface area contributed by atoms with Gasteiger partial charge in [-0.1, -0.05) is 35.9 Å². The normalized spacial score (nSPS) is 10.9. The van der Waals surface area contributed by atoms with Gasteiger partial charge in [0.1, 0.15) is 0 Å². The molecule has 0 aliphatic carbocycles. The van der Waals surface area contributed by atoms with E-state index < -0.39 is 11.2 Å². The summed E-state index contributed by atoms with van der Waals surface area (Å²) in [7, 11) is 1.76. The summed E-state index contributed by atoms with van der Waals surface area (Å²) in [6, 6.07) is 13.1. The third-order valence-electron chi connectivity index (χ3n) is 4.79. The van der Waals surface area contributed by atoms with Crippen molar-refractivity contribution in [2.75, 3.05) is 7.05 Å². The van der Waals surface area contributed by atoms with E-state index in [2.05, 4.69) is 11.1 Å². The number of para-hydroxylation sites is 1. The number of nitrogens with one attached hydrogen (secondary N) is 1. The SMILES string of the molecule is Cc1ccc(CN(C)C(=O)CCn2c(=O)[nH]c(=O)c3ccccc32)c(C)c1. The summed E-state index contributed by atoms with van der Waals surface area (Å²) in [5.74, 6) is -0.0582. The highest BCUT2D eigenvalue weighted by Crippen LogP contribution is 2.13. The van der Waals surface area contributed by atoms with E-state index in [0.29, 0.717) is 17.4 Å². The average Bonchev–Trinajstić information content (AvgIpc) is 2.63. The van der Waals surface area contributed by atoms with Gasteiger partial charge >= 0.3 is 5.69 Å². The predicted molar refractivity (Wildman–Crippen MR) is 106 cm³/mol. The fraction of sp³-hybridized carbons (Fsp3) is 0.286. The number of benzene rings is 2. The molecule has 3 aromatic rings. The molecule has 6 nitrogen and oxygen atoms in total. The molecule has 1 amide bonds. The Bertz CT molecular complexity index is 1110. The van der Waals surface area contributed by atoms with Crippen LogP contribution < -0.4 is 11.2 Å². The zero-order valence-corrected chi connectivity index (χ0v) is 15.8. The molecule has 0 saturated carbocycles. The average molecular weight is 365 g/mol. The third kappa shape index (κ3) is 4.00. The highest BCUT2D eigenvalue weighted by atomic mass is 16.2. The minimum atomic E-state index is -0.497. The molecule has 2 aromatic carbocycles. The van der Waals surface area contributed by atoms with E-state index in [0.717, 1.165) is 11.1 Å². The highest BCUT2D eigenvalue weighted by Gasteiger charge is 2.13. The minimum Gasteiger partial charge on any atom is -0.341 e. The van der Waals surface area contributed by atoms with Crippen LogP contribution in [-0.2, 0) is 17.9 Å². The van der Waals surface area contributed by atoms with Crippen LogP contribution in [0.4, 0.5) is 0 Å². The molecule has 1 heterocycles. The topological polar surface area (TPSA) is 75.2 Å². The van der Waals surface area contributed by atoms with E-state index in [9.17, 15) is 14.4 Å². The Morgan fingerprint density at radius 3 is 2.59 bits per heavy atom. The molecular weight excluding hydrogens is 342 g/mol. The second kappa shape index (κ2) is 7.61. The van der Waals surface area contributed by atoms with Gasteiger partial charge in [0.25, 0.3) is 5.56 Å². The second-order valence-electron chi connectivity index (χ2n) is 6.86. The molecule has 6 heteroatoms. The molecule has 140 valence electrons. The standard InChI is InChI=1S/C21H23N3O3/c1-14-8-9-16(15(2)12-14)13-23(3)19(25)10-11-24-18-7-5-4-6-17(18)20(26)22-21(24)27/h4-9,12H,10-11,13H2,1-3H3,(H,22,26,27). The van der Waals surface area contributed by atoms with Crippen molar-refractivity contribution < 1.29 is 4.79 Å². The van der Waals surface area contributed by atoms with Crippen molar-refractivity contribution >= 4 is 16.8 Å². The third-order valence-corrected chi connectivity index (χ3v) is 4.79. The molecule has 27 heavy (non-hydrogen) atoms. The summed E-state index contributed by atoms with van der Waals surface area (Å²) < 4.78 is 1.44. The number of rotatable bonds is 5. The summed E-state index contributed by atoms with van der Waals surface area (Å²) >= 11 is 0. The van der Waals surface area contributed by atoms with Crippen LogP contribution in [-0.4, -0.2) is 27.4 Å². The van der Waals surface area contributed by atoms with Gasteiger partial charge in [-0.05, 0) is 37.1 Å². The van der Waals surface area contributed by atoms with Crippen LogP contribution in [0.25, 0.3) is 10.9 Å². The molecule has 3 rings (SSSR count). The van der Waals surface area contributed by atoms with Gasteiger partial charge in [0.15, 0.2) is 0 Å². The summed E-state index contributed by atoms with van der Waals surface area (Å²) in [5.41, 5.74) is 3.07. The lowest BCUT2D eigenvalue weighted by atomic mass is 10.1. The Labute approximate surface area is 157 Å². The van der Waals surface area contributed by atoms with E-state index in [1.165, 1.54) is 10.1 Å². The maximum atomic E-state index is 12.6. The maximum Gasteiger partial charge on any atom is 0.328 e. The molecule has 0 saturated heterocycles. The highest BCUT2D eigenvalue weighted by molar-refractivity contribution is 5.78. The molecule has 0 unspecified atom stereocenters. The lowest BCUT2D eigenvalue weighted by molar-refractivity contribution is -0.130. The van der Waals surface area contributed by atoms with Gasteiger partial charge in [0.2, 0.25) is 5.91 Å². The van der Waals surface area contributed by atoms with Crippen LogP contribution in [0.2, 0.25) is 0 Å². The van der Waals surface area contributed by atoms with Crippen LogP contribution >= 0.6 is 0 Å². The summed E-state index contributed by atoms with van der Waals surface area (Å²) in [5, 5.41) is 0.438. The molecule has 0 radical (unpaired) electrons. The number of amides is 1. The zero-order valence-electron chi connectivity index (χ0n) is 15.8. The van der Waals surface area contributed by atoms with E-state index in [1.807, 2.05) is 26.0 Å². The number of aromatic amines is 1. The Balaban J connectivity index is 1.75. The van der Waals surface area contributed by atoms with Crippen molar-refractivity contribution in [1.29, 1.82) is 0 Å². The number of fused-ring (bicyclic) bond motifs is 1. The van der Waals surface area contributed by atoms with Gasteiger partial charge in [0.05, 0.1) is 10.9 Å². The van der Waals surface area contributed by atoms with Crippen molar-refractivity contribution in [2.45, 2.75) is 33.4 Å². The number of hydrogen-bond donors (Lipinski definition) is 1. The molecule has 1 N–H and O–H groups in total. The fourth-order valence-corrected chi connectivity index (χ4v) is 3.23. The van der Waals surface area contributed by atoms with Crippen molar-refractivity contribution in [1.82, 2.24) is 14.5 Å². The van der Waals surface area contributed by atoms with Crippen LogP contribution in [0.1, 0.15) is 23.1 Å². The first-order valence-corrected chi connectivity index (χ1v) is 8.89. The molecule has 0 bridgehead atoms. The molecule has 0 aliphatic rings. The van der Waals surface area contributed by atoms with Crippen molar-refractivity contribution in [3.63, 3.8) is 0 Å². The Morgan fingerprint density at radius 1 is 1.11 bits per heavy atom. The van der Waals surface area contributed by atoms with Crippen LogP contribution in [0.3, 0.4) is 0 Å². The first-order chi connectivity index (χ1) is 12.9. The number of aromatic nitrogens is 2. The van der Waals surface area contributed by atoms with Gasteiger partial charge in [-0.2, -0.15) is 0 Å². The molecule has 0 atom stereocenters. The number of H-pyrrole nitrogens is 1. The van der Waals surface area contributed by atoms with Gasteiger partial charge in [-0.25, -0.2) is 4.79 Å². The smallest absolute Gasteiger partial charge is 0.328 e. The molecule has 0 spiro atoms. The Kier molecular flexibility index (Phi) is 5.26. The number of aryl methyl sites for hydroxylation is 3. The molecule has 0 fully saturated rings. The van der Waals surface area contributed by atoms with Crippen molar-refractivity contribution in [3.8, 4) is 0 Å². The van der Waals surface area contributed by atoms with Crippen LogP contribution in [0.15, 0.2) is 52.1 Å². The molecular formula is C21H23N3O3. The Morgan fingerprint density at radius 2 is 1.85 bits per heavy atom. The predicted octanol–water partition coefficient (Wildman–Crippen LogP) is 2.36. The quantitative estimate of drug-likeness (QED) is 0.754. The molecule has 0 aliphatic heterocycles. The van der Waals surface area contributed by atoms with Gasteiger partial charge in [0, 0.05) is 26.6 Å². The van der Waals surface area contributed by atoms with Crippen molar-refractivity contribution in [3.05, 3.63) is 80.0 Å². The largest absolute Gasteiger partial charge is 0.341 e. The number of carbonyl (C=O) groups is 1.